The molecule has 1 aliphatic heterocycles. The molecule has 84 valence electrons. The highest BCUT2D eigenvalue weighted by Crippen LogP contribution is 2.38. The smallest absolute Gasteiger partial charge is 0.306 e. The molecule has 15 heavy (non-hydrogen) atoms. The van der Waals surface area contributed by atoms with Gasteiger partial charge in [0.15, 0.2) is 0 Å². The van der Waals surface area contributed by atoms with Gasteiger partial charge in [0.05, 0.1) is 5.92 Å². The second-order valence-electron chi connectivity index (χ2n) is 4.68. The summed E-state index contributed by atoms with van der Waals surface area (Å²) in [6.45, 7) is 2.42. The van der Waals surface area contributed by atoms with Crippen LogP contribution >= 0.6 is 0 Å². The number of aliphatic carboxylic acids is 1. The second-order valence-corrected chi connectivity index (χ2v) is 4.68. The third kappa shape index (κ3) is 1.85. The van der Waals surface area contributed by atoms with Gasteiger partial charge in [0.1, 0.15) is 0 Å². The van der Waals surface area contributed by atoms with Crippen LogP contribution in [-0.4, -0.2) is 34.5 Å². The Labute approximate surface area is 89.3 Å². The van der Waals surface area contributed by atoms with Gasteiger partial charge in [-0.15, -0.1) is 0 Å². The van der Waals surface area contributed by atoms with E-state index in [1.54, 1.807) is 6.92 Å². The molecule has 1 aliphatic carbocycles. The molecular weight excluding hydrogens is 194 g/mol. The number of carbonyl (C=O) groups is 2. The molecule has 4 heteroatoms. The molecule has 2 aliphatic rings. The topological polar surface area (TPSA) is 57.6 Å². The zero-order valence-electron chi connectivity index (χ0n) is 8.98. The molecule has 0 aromatic heterocycles. The molecule has 0 aromatic carbocycles. The highest BCUT2D eigenvalue weighted by Gasteiger charge is 2.41. The van der Waals surface area contributed by atoms with Crippen LogP contribution in [0.2, 0.25) is 0 Å². The molecule has 1 saturated heterocycles. The van der Waals surface area contributed by atoms with Gasteiger partial charge in [0.25, 0.3) is 0 Å². The Morgan fingerprint density at radius 2 is 2.00 bits per heavy atom. The number of nitrogens with zero attached hydrogens (tertiary/aromatic N) is 1. The van der Waals surface area contributed by atoms with Crippen LogP contribution in [0.15, 0.2) is 0 Å². The lowest BCUT2D eigenvalue weighted by Crippen LogP contribution is -2.40. The maximum Gasteiger partial charge on any atom is 0.306 e. The van der Waals surface area contributed by atoms with Crippen LogP contribution < -0.4 is 0 Å². The van der Waals surface area contributed by atoms with E-state index in [0.29, 0.717) is 12.0 Å². The molecule has 3 unspecified atom stereocenters. The van der Waals surface area contributed by atoms with E-state index >= 15 is 0 Å². The summed E-state index contributed by atoms with van der Waals surface area (Å²) < 4.78 is 0. The molecule has 4 nitrogen and oxygen atoms in total. The molecule has 0 spiro atoms. The van der Waals surface area contributed by atoms with Crippen LogP contribution in [0.5, 0.6) is 0 Å². The minimum atomic E-state index is -0.672. The molecule has 0 aromatic rings. The van der Waals surface area contributed by atoms with Gasteiger partial charge in [0.2, 0.25) is 5.91 Å². The molecule has 1 saturated carbocycles. The van der Waals surface area contributed by atoms with Crippen LogP contribution in [0.1, 0.15) is 32.6 Å². The Kier molecular flexibility index (Phi) is 2.67. The predicted octanol–water partition coefficient (Wildman–Crippen LogP) is 1.11. The number of carboxylic acids is 1. The van der Waals surface area contributed by atoms with Crippen molar-refractivity contribution in [2.45, 2.75) is 38.6 Å². The molecule has 2 fully saturated rings. The Morgan fingerprint density at radius 1 is 1.27 bits per heavy atom. The molecule has 3 atom stereocenters. The summed E-state index contributed by atoms with van der Waals surface area (Å²) in [5.74, 6) is -0.298. The first-order chi connectivity index (χ1) is 7.09. The van der Waals surface area contributed by atoms with E-state index in [2.05, 4.69) is 0 Å². The normalized spacial score (nSPS) is 35.0. The molecule has 0 bridgehead atoms. The maximum atomic E-state index is 11.3. The van der Waals surface area contributed by atoms with Gasteiger partial charge in [-0.2, -0.15) is 0 Å². The third-order valence-electron chi connectivity index (χ3n) is 3.84. The van der Waals surface area contributed by atoms with Gasteiger partial charge in [0, 0.05) is 19.5 Å². The van der Waals surface area contributed by atoms with E-state index < -0.39 is 5.97 Å². The van der Waals surface area contributed by atoms with E-state index in [1.807, 2.05) is 4.90 Å². The number of hydrogen-bond acceptors (Lipinski definition) is 2. The third-order valence-corrected chi connectivity index (χ3v) is 3.84. The van der Waals surface area contributed by atoms with Crippen molar-refractivity contribution in [3.8, 4) is 0 Å². The maximum absolute atomic E-state index is 11.3. The van der Waals surface area contributed by atoms with Crippen LogP contribution in [0.3, 0.4) is 0 Å². The molecular formula is C11H17NO3. The first-order valence-electron chi connectivity index (χ1n) is 5.59. The van der Waals surface area contributed by atoms with Crippen molar-refractivity contribution < 1.29 is 14.7 Å². The fraction of sp³-hybridized carbons (Fsp3) is 0.818. The lowest BCUT2D eigenvalue weighted by molar-refractivity contribution is -0.143. The highest BCUT2D eigenvalue weighted by molar-refractivity contribution is 5.74. The van der Waals surface area contributed by atoms with Gasteiger partial charge in [-0.3, -0.25) is 9.59 Å². The first kappa shape index (κ1) is 10.5. The predicted molar refractivity (Wildman–Crippen MR) is 54.3 cm³/mol. The van der Waals surface area contributed by atoms with E-state index in [-0.39, 0.29) is 11.8 Å². The van der Waals surface area contributed by atoms with Crippen molar-refractivity contribution in [3.63, 3.8) is 0 Å². The number of carboxylic acid groups (broad SMARTS) is 1. The summed E-state index contributed by atoms with van der Waals surface area (Å²) in [5, 5.41) is 8.95. The number of carbonyl (C=O) groups excluding carboxylic acids is 1. The summed E-state index contributed by atoms with van der Waals surface area (Å²) >= 11 is 0. The minimum Gasteiger partial charge on any atom is -0.481 e. The quantitative estimate of drug-likeness (QED) is 0.706. The Hall–Kier alpha value is -1.06. The minimum absolute atomic E-state index is 0.135. The largest absolute Gasteiger partial charge is 0.481 e. The number of fused-ring (bicyclic) bond motifs is 1. The van der Waals surface area contributed by atoms with E-state index in [0.717, 1.165) is 32.2 Å². The van der Waals surface area contributed by atoms with Gasteiger partial charge in [-0.25, -0.2) is 0 Å². The molecule has 1 heterocycles. The van der Waals surface area contributed by atoms with E-state index in [4.69, 9.17) is 5.11 Å². The SMILES string of the molecule is CC(=O)N1CCC2CC(C(=O)O)CCC21. The fourth-order valence-corrected chi connectivity index (χ4v) is 3.05. The van der Waals surface area contributed by atoms with Gasteiger partial charge in [-0.1, -0.05) is 0 Å². The molecule has 0 radical (unpaired) electrons. The summed E-state index contributed by atoms with van der Waals surface area (Å²) in [7, 11) is 0. The standard InChI is InChI=1S/C11H17NO3/c1-7(13)12-5-4-8-6-9(11(14)15)2-3-10(8)12/h8-10H,2-6H2,1H3,(H,14,15). The summed E-state index contributed by atoms with van der Waals surface area (Å²) in [6, 6.07) is 0.318. The van der Waals surface area contributed by atoms with Crippen molar-refractivity contribution in [1.82, 2.24) is 4.90 Å². The number of likely N-dealkylation sites (tertiary alicyclic amines) is 1. The van der Waals surface area contributed by atoms with Crippen LogP contribution in [0, 0.1) is 11.8 Å². The lowest BCUT2D eigenvalue weighted by Gasteiger charge is -2.33. The van der Waals surface area contributed by atoms with Crippen molar-refractivity contribution in [2.75, 3.05) is 6.54 Å². The van der Waals surface area contributed by atoms with E-state index in [1.165, 1.54) is 0 Å². The highest BCUT2D eigenvalue weighted by atomic mass is 16.4. The number of rotatable bonds is 1. The summed E-state index contributed by atoms with van der Waals surface area (Å²) in [6.07, 6.45) is 3.32. The van der Waals surface area contributed by atoms with Crippen molar-refractivity contribution in [3.05, 3.63) is 0 Å². The van der Waals surface area contributed by atoms with Gasteiger partial charge >= 0.3 is 5.97 Å². The van der Waals surface area contributed by atoms with Crippen molar-refractivity contribution >= 4 is 11.9 Å². The van der Waals surface area contributed by atoms with Crippen LogP contribution in [-0.2, 0) is 9.59 Å². The summed E-state index contributed by atoms with van der Waals surface area (Å²) in [4.78, 5) is 24.1. The fourth-order valence-electron chi connectivity index (χ4n) is 3.05. The van der Waals surface area contributed by atoms with Crippen LogP contribution in [0.25, 0.3) is 0 Å². The summed E-state index contributed by atoms with van der Waals surface area (Å²) in [5.41, 5.74) is 0. The monoisotopic (exact) mass is 211 g/mol. The Balaban J connectivity index is 2.02. The number of hydrogen-bond donors (Lipinski definition) is 1. The molecule has 2 rings (SSSR count). The zero-order valence-corrected chi connectivity index (χ0v) is 8.98. The molecule has 1 N–H and O–H groups in total. The van der Waals surface area contributed by atoms with E-state index in [9.17, 15) is 9.59 Å². The second kappa shape index (κ2) is 3.83. The Morgan fingerprint density at radius 3 is 2.60 bits per heavy atom. The van der Waals surface area contributed by atoms with Crippen molar-refractivity contribution in [2.24, 2.45) is 11.8 Å². The Bertz CT molecular complexity index is 290. The average Bonchev–Trinajstić information content (AvgIpc) is 2.59. The average molecular weight is 211 g/mol. The number of amides is 1. The van der Waals surface area contributed by atoms with Gasteiger partial charge < -0.3 is 10.0 Å². The lowest BCUT2D eigenvalue weighted by atomic mass is 9.78. The zero-order chi connectivity index (χ0) is 11.0. The van der Waals surface area contributed by atoms with Gasteiger partial charge in [-0.05, 0) is 31.6 Å². The first-order valence-corrected chi connectivity index (χ1v) is 5.59. The van der Waals surface area contributed by atoms with Crippen LogP contribution in [0.4, 0.5) is 0 Å². The van der Waals surface area contributed by atoms with Crippen molar-refractivity contribution in [1.29, 1.82) is 0 Å². The molecule has 1 amide bonds.